The van der Waals surface area contributed by atoms with Gasteiger partial charge in [0.15, 0.2) is 6.10 Å². The van der Waals surface area contributed by atoms with Crippen LogP contribution in [0.2, 0.25) is 5.02 Å². The number of nitrogens with zero attached hydrogens (tertiary/aromatic N) is 1. The quantitative estimate of drug-likeness (QED) is 0.628. The number of ether oxygens (including phenoxy) is 1. The Bertz CT molecular complexity index is 858. The molecule has 3 atom stereocenters. The summed E-state index contributed by atoms with van der Waals surface area (Å²) in [5, 5.41) is 3.79. The number of anilines is 1. The van der Waals surface area contributed by atoms with Crippen LogP contribution in [0.15, 0.2) is 36.4 Å². The van der Waals surface area contributed by atoms with Crippen molar-refractivity contribution in [2.75, 3.05) is 18.0 Å². The Morgan fingerprint density at radius 3 is 2.40 bits per heavy atom. The minimum absolute atomic E-state index is 0.0911. The lowest BCUT2D eigenvalue weighted by Crippen LogP contribution is -2.37. The van der Waals surface area contributed by atoms with Gasteiger partial charge in [0.2, 0.25) is 0 Å². The summed E-state index contributed by atoms with van der Waals surface area (Å²) in [4.78, 5) is 15.1. The fourth-order valence-corrected chi connectivity index (χ4v) is 4.15. The Morgan fingerprint density at radius 1 is 1.17 bits per heavy atom. The average molecular weight is 429 g/mol. The molecule has 3 rings (SSSR count). The van der Waals surface area contributed by atoms with Gasteiger partial charge in [-0.25, -0.2) is 0 Å². The number of benzene rings is 2. The summed E-state index contributed by atoms with van der Waals surface area (Å²) in [6.45, 7) is 12.2. The number of aryl methyl sites for hydroxylation is 2. The molecule has 0 spiro atoms. The molecule has 5 heteroatoms. The van der Waals surface area contributed by atoms with Gasteiger partial charge in [-0.15, -0.1) is 0 Å². The minimum Gasteiger partial charge on any atom is -0.481 e. The average Bonchev–Trinajstić information content (AvgIpc) is 2.72. The number of hydrogen-bond donors (Lipinski definition) is 1. The van der Waals surface area contributed by atoms with Gasteiger partial charge in [-0.05, 0) is 87.4 Å². The molecule has 0 aliphatic carbocycles. The van der Waals surface area contributed by atoms with Gasteiger partial charge in [0, 0.05) is 23.8 Å². The van der Waals surface area contributed by atoms with E-state index < -0.39 is 6.10 Å². The third-order valence-electron chi connectivity index (χ3n) is 5.87. The van der Waals surface area contributed by atoms with Gasteiger partial charge in [-0.2, -0.15) is 0 Å². The molecule has 0 bridgehead atoms. The highest BCUT2D eigenvalue weighted by molar-refractivity contribution is 6.32. The van der Waals surface area contributed by atoms with Crippen molar-refractivity contribution in [3.8, 4) is 5.75 Å². The normalized spacial score (nSPS) is 18.6. The van der Waals surface area contributed by atoms with Crippen molar-refractivity contribution in [3.05, 3.63) is 58.1 Å². The largest absolute Gasteiger partial charge is 0.481 e. The zero-order chi connectivity index (χ0) is 21.8. The molecule has 162 valence electrons. The Kier molecular flexibility index (Phi) is 7.30. The minimum atomic E-state index is -0.596. The van der Waals surface area contributed by atoms with Gasteiger partial charge < -0.3 is 15.0 Å². The molecule has 2 aromatic carbocycles. The van der Waals surface area contributed by atoms with E-state index in [2.05, 4.69) is 41.4 Å². The standard InChI is InChI=1S/C25H33ClN2O2/c1-16-7-6-12-28(15-16)22-10-8-21(9-11-22)19(4)27-25(29)20(5)30-23-13-17(2)24(26)18(3)14-23/h8-11,13-14,16,19-20H,6-7,12,15H2,1-5H3,(H,27,29). The smallest absolute Gasteiger partial charge is 0.261 e. The molecule has 1 aliphatic heterocycles. The second-order valence-corrected chi connectivity index (χ2v) is 9.02. The van der Waals surface area contributed by atoms with Crippen LogP contribution < -0.4 is 15.0 Å². The second-order valence-electron chi connectivity index (χ2n) is 8.65. The predicted molar refractivity (Wildman–Crippen MR) is 125 cm³/mol. The second kappa shape index (κ2) is 9.74. The fourth-order valence-electron chi connectivity index (χ4n) is 4.04. The van der Waals surface area contributed by atoms with Crippen molar-refractivity contribution in [3.63, 3.8) is 0 Å². The Morgan fingerprint density at radius 2 is 1.80 bits per heavy atom. The van der Waals surface area contributed by atoms with E-state index in [4.69, 9.17) is 16.3 Å². The van der Waals surface area contributed by atoms with Gasteiger partial charge in [-0.3, -0.25) is 4.79 Å². The zero-order valence-electron chi connectivity index (χ0n) is 18.7. The summed E-state index contributed by atoms with van der Waals surface area (Å²) in [6, 6.07) is 12.2. The lowest BCUT2D eigenvalue weighted by molar-refractivity contribution is -0.127. The Balaban J connectivity index is 1.58. The molecule has 1 heterocycles. The first-order valence-electron chi connectivity index (χ1n) is 10.8. The van der Waals surface area contributed by atoms with Gasteiger partial charge in [0.25, 0.3) is 5.91 Å². The van der Waals surface area contributed by atoms with Crippen LogP contribution in [0.1, 0.15) is 56.3 Å². The number of nitrogens with one attached hydrogen (secondary N) is 1. The van der Waals surface area contributed by atoms with Crippen LogP contribution in [-0.4, -0.2) is 25.1 Å². The number of carbonyl (C=O) groups excluding carboxylic acids is 1. The number of piperidine rings is 1. The van der Waals surface area contributed by atoms with Crippen molar-refractivity contribution < 1.29 is 9.53 Å². The lowest BCUT2D eigenvalue weighted by Gasteiger charge is -2.33. The monoisotopic (exact) mass is 428 g/mol. The van der Waals surface area contributed by atoms with E-state index in [0.29, 0.717) is 5.75 Å². The van der Waals surface area contributed by atoms with Crippen LogP contribution in [-0.2, 0) is 4.79 Å². The lowest BCUT2D eigenvalue weighted by atomic mass is 9.99. The fraction of sp³-hybridized carbons (Fsp3) is 0.480. The van der Waals surface area contributed by atoms with E-state index in [-0.39, 0.29) is 11.9 Å². The van der Waals surface area contributed by atoms with Gasteiger partial charge in [-0.1, -0.05) is 30.7 Å². The van der Waals surface area contributed by atoms with Crippen LogP contribution in [0.5, 0.6) is 5.75 Å². The summed E-state index contributed by atoms with van der Waals surface area (Å²) in [5.74, 6) is 1.26. The van der Waals surface area contributed by atoms with Crippen molar-refractivity contribution >= 4 is 23.2 Å². The molecule has 4 nitrogen and oxygen atoms in total. The summed E-state index contributed by atoms with van der Waals surface area (Å²) >= 11 is 6.22. The SMILES string of the molecule is Cc1cc(OC(C)C(=O)NC(C)c2ccc(N3CCCC(C)C3)cc2)cc(C)c1Cl. The van der Waals surface area contributed by atoms with Crippen LogP contribution in [0.25, 0.3) is 0 Å². The van der Waals surface area contributed by atoms with Crippen molar-refractivity contribution in [1.29, 1.82) is 0 Å². The van der Waals surface area contributed by atoms with Crippen molar-refractivity contribution in [2.24, 2.45) is 5.92 Å². The first kappa shape index (κ1) is 22.5. The molecule has 0 aromatic heterocycles. The molecule has 3 unspecified atom stereocenters. The first-order valence-corrected chi connectivity index (χ1v) is 11.2. The number of carbonyl (C=O) groups is 1. The molecule has 1 aliphatic rings. The third kappa shape index (κ3) is 5.48. The predicted octanol–water partition coefficient (Wildman–Crippen LogP) is 5.84. The van der Waals surface area contributed by atoms with Crippen LogP contribution in [0, 0.1) is 19.8 Å². The number of amides is 1. The molecule has 1 saturated heterocycles. The number of halogens is 1. The van der Waals surface area contributed by atoms with E-state index in [9.17, 15) is 4.79 Å². The van der Waals surface area contributed by atoms with E-state index in [1.807, 2.05) is 32.9 Å². The molecule has 1 N–H and O–H groups in total. The molecule has 0 radical (unpaired) electrons. The highest BCUT2D eigenvalue weighted by Gasteiger charge is 2.20. The van der Waals surface area contributed by atoms with E-state index in [1.54, 1.807) is 6.92 Å². The van der Waals surface area contributed by atoms with Gasteiger partial charge in [0.1, 0.15) is 5.75 Å². The van der Waals surface area contributed by atoms with E-state index in [1.165, 1.54) is 18.5 Å². The topological polar surface area (TPSA) is 41.6 Å². The third-order valence-corrected chi connectivity index (χ3v) is 6.46. The van der Waals surface area contributed by atoms with Gasteiger partial charge in [0.05, 0.1) is 6.04 Å². The van der Waals surface area contributed by atoms with Crippen molar-refractivity contribution in [1.82, 2.24) is 5.32 Å². The zero-order valence-corrected chi connectivity index (χ0v) is 19.4. The molecule has 30 heavy (non-hydrogen) atoms. The summed E-state index contributed by atoms with van der Waals surface area (Å²) in [6.07, 6.45) is 1.97. The molecular formula is C25H33ClN2O2. The molecule has 1 amide bonds. The molecule has 1 fully saturated rings. The molecular weight excluding hydrogens is 396 g/mol. The highest BCUT2D eigenvalue weighted by Crippen LogP contribution is 2.27. The highest BCUT2D eigenvalue weighted by atomic mass is 35.5. The van der Waals surface area contributed by atoms with Crippen LogP contribution >= 0.6 is 11.6 Å². The number of hydrogen-bond acceptors (Lipinski definition) is 3. The Labute approximate surface area is 185 Å². The maximum absolute atomic E-state index is 12.6. The van der Waals surface area contributed by atoms with E-state index in [0.717, 1.165) is 40.7 Å². The maximum atomic E-state index is 12.6. The maximum Gasteiger partial charge on any atom is 0.261 e. The Hall–Kier alpha value is -2.20. The first-order chi connectivity index (χ1) is 14.2. The van der Waals surface area contributed by atoms with Crippen LogP contribution in [0.4, 0.5) is 5.69 Å². The van der Waals surface area contributed by atoms with Crippen molar-refractivity contribution in [2.45, 2.75) is 59.6 Å². The summed E-state index contributed by atoms with van der Waals surface area (Å²) in [7, 11) is 0. The molecule has 2 aromatic rings. The van der Waals surface area contributed by atoms with E-state index >= 15 is 0 Å². The summed E-state index contributed by atoms with van der Waals surface area (Å²) < 4.78 is 5.86. The molecule has 0 saturated carbocycles. The van der Waals surface area contributed by atoms with Crippen LogP contribution in [0.3, 0.4) is 0 Å². The number of rotatable bonds is 6. The summed E-state index contributed by atoms with van der Waals surface area (Å²) in [5.41, 5.74) is 4.23. The van der Waals surface area contributed by atoms with Gasteiger partial charge >= 0.3 is 0 Å².